The van der Waals surface area contributed by atoms with Crippen molar-refractivity contribution in [2.24, 2.45) is 23.5 Å². The van der Waals surface area contributed by atoms with Crippen LogP contribution >= 0.6 is 0 Å². The highest BCUT2D eigenvalue weighted by Crippen LogP contribution is 2.48. The molecule has 1 saturated carbocycles. The molecule has 2 bridgehead atoms. The van der Waals surface area contributed by atoms with Crippen LogP contribution in [0.4, 0.5) is 0 Å². The van der Waals surface area contributed by atoms with Crippen LogP contribution in [0.25, 0.3) is 0 Å². The van der Waals surface area contributed by atoms with Crippen molar-refractivity contribution in [2.75, 3.05) is 13.1 Å². The first kappa shape index (κ1) is 10.1. The fourth-order valence-electron chi connectivity index (χ4n) is 4.38. The summed E-state index contributed by atoms with van der Waals surface area (Å²) >= 11 is 0. The van der Waals surface area contributed by atoms with Crippen molar-refractivity contribution < 1.29 is 0 Å². The molecule has 0 radical (unpaired) electrons. The lowest BCUT2D eigenvalue weighted by Gasteiger charge is -2.48. The minimum atomic E-state index is 0.469. The maximum Gasteiger partial charge on any atom is 0.0129 e. The molecule has 3 aliphatic heterocycles. The standard InChI is InChI=1S/C13H24N2/c1-2-12(14)10-7-11-9-3-5-15(6-4-9)13(11)8-10/h9-13H,2-8,14H2,1H3. The number of rotatable bonds is 2. The van der Waals surface area contributed by atoms with Gasteiger partial charge >= 0.3 is 0 Å². The fourth-order valence-corrected chi connectivity index (χ4v) is 4.38. The summed E-state index contributed by atoms with van der Waals surface area (Å²) in [5, 5.41) is 0. The topological polar surface area (TPSA) is 29.3 Å². The van der Waals surface area contributed by atoms with Gasteiger partial charge in [-0.1, -0.05) is 6.92 Å². The van der Waals surface area contributed by atoms with Gasteiger partial charge < -0.3 is 10.6 Å². The van der Waals surface area contributed by atoms with Crippen molar-refractivity contribution in [3.63, 3.8) is 0 Å². The Bertz CT molecular complexity index is 213. The highest BCUT2D eigenvalue weighted by molar-refractivity contribution is 5.01. The van der Waals surface area contributed by atoms with E-state index in [0.717, 1.165) is 30.2 Å². The Morgan fingerprint density at radius 3 is 2.60 bits per heavy atom. The van der Waals surface area contributed by atoms with Crippen LogP contribution in [0, 0.1) is 17.8 Å². The maximum atomic E-state index is 6.23. The lowest BCUT2D eigenvalue weighted by atomic mass is 9.75. The smallest absolute Gasteiger partial charge is 0.0129 e. The molecule has 2 N–H and O–H groups in total. The monoisotopic (exact) mass is 208 g/mol. The third-order valence-electron chi connectivity index (χ3n) is 5.34. The van der Waals surface area contributed by atoms with Crippen LogP contribution in [0.15, 0.2) is 0 Å². The number of piperidine rings is 3. The van der Waals surface area contributed by atoms with Crippen molar-refractivity contribution in [3.8, 4) is 0 Å². The predicted molar refractivity (Wildman–Crippen MR) is 62.6 cm³/mol. The van der Waals surface area contributed by atoms with Crippen LogP contribution in [0.3, 0.4) is 0 Å². The van der Waals surface area contributed by atoms with Gasteiger partial charge in [0.15, 0.2) is 0 Å². The number of fused-ring (bicyclic) bond motifs is 2. The summed E-state index contributed by atoms with van der Waals surface area (Å²) in [5.74, 6) is 2.88. The molecule has 4 aliphatic rings. The Labute approximate surface area is 93.2 Å². The second-order valence-electron chi connectivity index (χ2n) is 5.91. The molecule has 86 valence electrons. The second kappa shape index (κ2) is 3.74. The maximum absolute atomic E-state index is 6.23. The Morgan fingerprint density at radius 2 is 2.00 bits per heavy atom. The first-order valence-electron chi connectivity index (χ1n) is 6.79. The van der Waals surface area contributed by atoms with E-state index in [9.17, 15) is 0 Å². The SMILES string of the molecule is CCC(N)C1CC2C3CCN(CC3)C2C1. The molecule has 0 aromatic carbocycles. The van der Waals surface area contributed by atoms with Crippen molar-refractivity contribution >= 4 is 0 Å². The summed E-state index contributed by atoms with van der Waals surface area (Å²) in [6.45, 7) is 4.99. The molecule has 3 saturated heterocycles. The summed E-state index contributed by atoms with van der Waals surface area (Å²) in [4.78, 5) is 2.76. The lowest BCUT2D eigenvalue weighted by molar-refractivity contribution is 0.00792. The van der Waals surface area contributed by atoms with Gasteiger partial charge in [-0.05, 0) is 62.9 Å². The van der Waals surface area contributed by atoms with E-state index in [2.05, 4.69) is 11.8 Å². The molecular formula is C13H24N2. The molecule has 0 spiro atoms. The number of nitrogens with two attached hydrogens (primary N) is 1. The minimum Gasteiger partial charge on any atom is -0.327 e. The van der Waals surface area contributed by atoms with Crippen molar-refractivity contribution in [2.45, 2.75) is 51.1 Å². The van der Waals surface area contributed by atoms with Gasteiger partial charge in [-0.15, -0.1) is 0 Å². The molecule has 4 fully saturated rings. The van der Waals surface area contributed by atoms with Gasteiger partial charge in [-0.2, -0.15) is 0 Å². The summed E-state index contributed by atoms with van der Waals surface area (Å²) in [6, 6.07) is 1.39. The van der Waals surface area contributed by atoms with Crippen molar-refractivity contribution in [1.82, 2.24) is 4.90 Å². The quantitative estimate of drug-likeness (QED) is 0.750. The highest BCUT2D eigenvalue weighted by Gasteiger charge is 2.48. The summed E-state index contributed by atoms with van der Waals surface area (Å²) in [7, 11) is 0. The first-order chi connectivity index (χ1) is 7.29. The summed E-state index contributed by atoms with van der Waals surface area (Å²) in [6.07, 6.45) is 6.93. The number of hydrogen-bond donors (Lipinski definition) is 1. The van der Waals surface area contributed by atoms with Crippen LogP contribution in [-0.2, 0) is 0 Å². The van der Waals surface area contributed by atoms with E-state index in [1.165, 1.54) is 38.8 Å². The number of nitrogens with zero attached hydrogens (tertiary/aromatic N) is 1. The zero-order chi connectivity index (χ0) is 10.4. The Morgan fingerprint density at radius 1 is 1.27 bits per heavy atom. The van der Waals surface area contributed by atoms with E-state index >= 15 is 0 Å². The third-order valence-corrected chi connectivity index (χ3v) is 5.34. The van der Waals surface area contributed by atoms with E-state index in [-0.39, 0.29) is 0 Å². The summed E-state index contributed by atoms with van der Waals surface area (Å²) < 4.78 is 0. The van der Waals surface area contributed by atoms with E-state index in [1.807, 2.05) is 0 Å². The predicted octanol–water partition coefficient (Wildman–Crippen LogP) is 1.84. The minimum absolute atomic E-state index is 0.469. The average molecular weight is 208 g/mol. The summed E-state index contributed by atoms with van der Waals surface area (Å²) in [5.41, 5.74) is 6.23. The molecular weight excluding hydrogens is 184 g/mol. The van der Waals surface area contributed by atoms with Crippen molar-refractivity contribution in [1.29, 1.82) is 0 Å². The third kappa shape index (κ3) is 1.53. The Kier molecular flexibility index (Phi) is 2.52. The second-order valence-corrected chi connectivity index (χ2v) is 5.91. The average Bonchev–Trinajstić information content (AvgIpc) is 2.76. The molecule has 3 heterocycles. The largest absolute Gasteiger partial charge is 0.327 e. The van der Waals surface area contributed by atoms with Crippen LogP contribution in [0.5, 0.6) is 0 Å². The Hall–Kier alpha value is -0.0800. The van der Waals surface area contributed by atoms with Gasteiger partial charge in [0.25, 0.3) is 0 Å². The zero-order valence-corrected chi connectivity index (χ0v) is 9.86. The van der Waals surface area contributed by atoms with Gasteiger partial charge in [0.2, 0.25) is 0 Å². The fraction of sp³-hybridized carbons (Fsp3) is 1.00. The molecule has 4 unspecified atom stereocenters. The van der Waals surface area contributed by atoms with Gasteiger partial charge in [-0.25, -0.2) is 0 Å². The molecule has 2 heteroatoms. The van der Waals surface area contributed by atoms with E-state index in [1.54, 1.807) is 0 Å². The first-order valence-corrected chi connectivity index (χ1v) is 6.79. The Balaban J connectivity index is 1.73. The molecule has 15 heavy (non-hydrogen) atoms. The van der Waals surface area contributed by atoms with Gasteiger partial charge in [0.05, 0.1) is 0 Å². The highest BCUT2D eigenvalue weighted by atomic mass is 15.2. The normalized spacial score (nSPS) is 50.4. The van der Waals surface area contributed by atoms with Gasteiger partial charge in [0, 0.05) is 12.1 Å². The molecule has 0 amide bonds. The molecule has 4 atom stereocenters. The molecule has 2 nitrogen and oxygen atoms in total. The lowest BCUT2D eigenvalue weighted by Crippen LogP contribution is -2.52. The molecule has 4 rings (SSSR count). The molecule has 0 aromatic rings. The van der Waals surface area contributed by atoms with Crippen LogP contribution < -0.4 is 5.73 Å². The van der Waals surface area contributed by atoms with Gasteiger partial charge in [-0.3, -0.25) is 0 Å². The van der Waals surface area contributed by atoms with E-state index in [4.69, 9.17) is 5.73 Å². The molecule has 1 aliphatic carbocycles. The number of hydrogen-bond acceptors (Lipinski definition) is 2. The zero-order valence-electron chi connectivity index (χ0n) is 9.86. The molecule has 0 aromatic heterocycles. The van der Waals surface area contributed by atoms with Crippen LogP contribution in [-0.4, -0.2) is 30.1 Å². The van der Waals surface area contributed by atoms with Crippen LogP contribution in [0.2, 0.25) is 0 Å². The van der Waals surface area contributed by atoms with E-state index < -0.39 is 0 Å². The van der Waals surface area contributed by atoms with Gasteiger partial charge in [0.1, 0.15) is 0 Å². The van der Waals surface area contributed by atoms with Crippen molar-refractivity contribution in [3.05, 3.63) is 0 Å². The van der Waals surface area contributed by atoms with Crippen LogP contribution in [0.1, 0.15) is 39.0 Å². The van der Waals surface area contributed by atoms with E-state index in [0.29, 0.717) is 6.04 Å².